The quantitative estimate of drug-likeness (QED) is 0.151. The second-order valence-corrected chi connectivity index (χ2v) is 13.5. The van der Waals surface area contributed by atoms with E-state index in [-0.39, 0.29) is 36.4 Å². The third kappa shape index (κ3) is 14.7. The fourth-order valence-corrected chi connectivity index (χ4v) is 6.46. The van der Waals surface area contributed by atoms with Gasteiger partial charge in [0.1, 0.15) is 0 Å². The molecule has 290 valence electrons. The summed E-state index contributed by atoms with van der Waals surface area (Å²) in [5.74, 6) is 0.665. The van der Waals surface area contributed by atoms with E-state index in [1.54, 1.807) is 24.3 Å². The van der Waals surface area contributed by atoms with Crippen LogP contribution in [0.3, 0.4) is 0 Å². The average Bonchev–Trinajstić information content (AvgIpc) is 3.87. The maximum atomic E-state index is 12.1. The average molecular weight is 863 g/mol. The van der Waals surface area contributed by atoms with Crippen molar-refractivity contribution >= 4 is 29.0 Å². The van der Waals surface area contributed by atoms with Gasteiger partial charge in [-0.15, -0.1) is 66.6 Å². The van der Waals surface area contributed by atoms with Crippen LogP contribution in [-0.2, 0) is 37.1 Å². The number of hydrogen-bond donors (Lipinski definition) is 0. The van der Waals surface area contributed by atoms with Crippen LogP contribution in [0.2, 0.25) is 0 Å². The SMILES string of the molecule is Cc1cc2c(cc1-c1ccccc1)Cc1[c-]c(CC(c3ccccc3)C(C)C)ccc1-2.Cl.Cl.[C-]1=CC=CC1.[CH2-]c1cccc(F)c1.[CH2-]c1cccc(F)c1.[CH2]=[Zr]. The van der Waals surface area contributed by atoms with Crippen LogP contribution in [0.25, 0.3) is 22.3 Å². The Morgan fingerprint density at radius 2 is 1.29 bits per heavy atom. The van der Waals surface area contributed by atoms with Crippen molar-refractivity contribution in [1.82, 2.24) is 0 Å². The van der Waals surface area contributed by atoms with Gasteiger partial charge in [-0.3, -0.25) is 6.08 Å². The summed E-state index contributed by atoms with van der Waals surface area (Å²) in [5.41, 5.74) is 13.7. The van der Waals surface area contributed by atoms with Crippen LogP contribution in [0, 0.1) is 50.5 Å². The molecule has 0 bridgehead atoms. The van der Waals surface area contributed by atoms with Crippen LogP contribution in [0.5, 0.6) is 0 Å². The van der Waals surface area contributed by atoms with Crippen molar-refractivity contribution in [2.45, 2.75) is 46.0 Å². The van der Waals surface area contributed by atoms with E-state index in [0.29, 0.717) is 23.0 Å². The summed E-state index contributed by atoms with van der Waals surface area (Å²) in [4.78, 5) is 0. The van der Waals surface area contributed by atoms with Crippen LogP contribution in [-0.4, -0.2) is 4.21 Å². The number of aryl methyl sites for hydroxylation is 1. The third-order valence-electron chi connectivity index (χ3n) is 9.12. The maximum absolute atomic E-state index is 12.1. The number of fused-ring (bicyclic) bond motifs is 3. The predicted molar refractivity (Wildman–Crippen MR) is 236 cm³/mol. The Kier molecular flexibility index (Phi) is 21.4. The Labute approximate surface area is 362 Å². The number of rotatable bonds is 5. The molecule has 0 saturated carbocycles. The van der Waals surface area contributed by atoms with Crippen molar-refractivity contribution < 1.29 is 33.0 Å². The van der Waals surface area contributed by atoms with Crippen LogP contribution < -0.4 is 0 Å². The van der Waals surface area contributed by atoms with E-state index in [1.165, 1.54) is 98.6 Å². The molecule has 1 atom stereocenters. The Balaban J connectivity index is 0.000000351. The summed E-state index contributed by atoms with van der Waals surface area (Å²) in [6.45, 7) is 14.0. The van der Waals surface area contributed by atoms with Gasteiger partial charge in [0.05, 0.1) is 11.6 Å². The van der Waals surface area contributed by atoms with Gasteiger partial charge >= 0.3 is 28.4 Å². The molecule has 0 nitrogen and oxygen atoms in total. The minimum absolute atomic E-state index is 0. The van der Waals surface area contributed by atoms with Crippen molar-refractivity contribution in [1.29, 1.82) is 0 Å². The van der Waals surface area contributed by atoms with Crippen LogP contribution in [0.15, 0.2) is 152 Å². The summed E-state index contributed by atoms with van der Waals surface area (Å²) in [6, 6.07) is 47.2. The Morgan fingerprint density at radius 1 is 0.696 bits per heavy atom. The Morgan fingerprint density at radius 3 is 1.75 bits per heavy atom. The molecule has 2 aliphatic rings. The van der Waals surface area contributed by atoms with Gasteiger partial charge in [-0.05, 0) is 59.4 Å². The standard InChI is InChI=1S/C31H29.2C7H6F.C5H5.CH2.2ClH.Zr/c1-21(2)29(24-10-6-4-7-11-24)18-23-14-15-28-26(17-23)19-27-20-30(22(3)16-31(27)28)25-12-8-5-9-13-25;2*1-6-3-2-4-7(8)5-6;1-2-4-5-3-1;;;;/h4-16,20-21,29H,18-19H2,1-3H3;2*2-5H,1H2;1-3H,4H2;1H2;2*1H;/q4*-1;;;;. The molecule has 5 heteroatoms. The van der Waals surface area contributed by atoms with Crippen molar-refractivity contribution in [2.24, 2.45) is 5.92 Å². The molecule has 6 aromatic rings. The van der Waals surface area contributed by atoms with Gasteiger partial charge in [-0.25, -0.2) is 20.9 Å². The zero-order chi connectivity index (χ0) is 38.9. The molecule has 0 spiro atoms. The summed E-state index contributed by atoms with van der Waals surface area (Å²) in [6.07, 6.45) is 12.0. The molecule has 8 rings (SSSR count). The molecule has 1 unspecified atom stereocenters. The molecule has 0 heterocycles. The minimum atomic E-state index is -0.225. The van der Waals surface area contributed by atoms with Crippen LogP contribution in [0.1, 0.15) is 65.1 Å². The van der Waals surface area contributed by atoms with Crippen molar-refractivity contribution in [3.8, 4) is 22.3 Å². The summed E-state index contributed by atoms with van der Waals surface area (Å²) in [7, 11) is 0. The molecule has 0 radical (unpaired) electrons. The van der Waals surface area contributed by atoms with E-state index in [0.717, 1.165) is 19.3 Å². The number of halogens is 4. The third-order valence-corrected chi connectivity index (χ3v) is 9.12. The first-order chi connectivity index (χ1) is 26.2. The van der Waals surface area contributed by atoms with E-state index in [1.807, 2.05) is 12.2 Å². The monoisotopic (exact) mass is 860 g/mol. The zero-order valence-electron chi connectivity index (χ0n) is 32.4. The van der Waals surface area contributed by atoms with Gasteiger partial charge in [0.15, 0.2) is 0 Å². The molecule has 2 aliphatic carbocycles. The van der Waals surface area contributed by atoms with Crippen molar-refractivity contribution in [3.63, 3.8) is 0 Å². The summed E-state index contributed by atoms with van der Waals surface area (Å²) in [5, 5.41) is 0. The molecular formula is C51H50Cl2F2Zr-4. The second kappa shape index (κ2) is 25.1. The normalized spacial score (nSPS) is 11.5. The van der Waals surface area contributed by atoms with Gasteiger partial charge < -0.3 is 0 Å². The first-order valence-electron chi connectivity index (χ1n) is 18.2. The van der Waals surface area contributed by atoms with E-state index >= 15 is 0 Å². The summed E-state index contributed by atoms with van der Waals surface area (Å²) >= 11 is 1.30. The van der Waals surface area contributed by atoms with Crippen molar-refractivity contribution in [3.05, 3.63) is 228 Å². The zero-order valence-corrected chi connectivity index (χ0v) is 36.5. The fourth-order valence-electron chi connectivity index (χ4n) is 6.46. The van der Waals surface area contributed by atoms with Gasteiger partial charge in [-0.1, -0.05) is 104 Å². The van der Waals surface area contributed by atoms with E-state index in [2.05, 4.69) is 142 Å². The predicted octanol–water partition coefficient (Wildman–Crippen LogP) is 14.1. The van der Waals surface area contributed by atoms with E-state index in [9.17, 15) is 8.78 Å². The molecule has 0 aromatic heterocycles. The molecule has 0 aliphatic heterocycles. The Hall–Kier alpha value is -4.27. The number of benzene rings is 6. The van der Waals surface area contributed by atoms with Gasteiger partial charge in [0.2, 0.25) is 0 Å². The summed E-state index contributed by atoms with van der Waals surface area (Å²) < 4.78 is 27.6. The van der Waals surface area contributed by atoms with Gasteiger partial charge in [0, 0.05) is 0 Å². The van der Waals surface area contributed by atoms with Crippen LogP contribution in [0.4, 0.5) is 8.78 Å². The first kappa shape index (κ1) is 47.9. The fraction of sp³-hybridized carbons (Fsp3) is 0.157. The molecule has 0 amide bonds. The van der Waals surface area contributed by atoms with E-state index < -0.39 is 0 Å². The van der Waals surface area contributed by atoms with E-state index in [4.69, 9.17) is 0 Å². The molecule has 56 heavy (non-hydrogen) atoms. The number of hydrogen-bond acceptors (Lipinski definition) is 0. The van der Waals surface area contributed by atoms with Gasteiger partial charge in [0.25, 0.3) is 0 Å². The molecule has 0 saturated heterocycles. The number of allylic oxidation sites excluding steroid dienone is 4. The second-order valence-electron chi connectivity index (χ2n) is 13.5. The topological polar surface area (TPSA) is 0 Å². The Bertz CT molecular complexity index is 2040. The molecular weight excluding hydrogens is 813 g/mol. The molecule has 6 aromatic carbocycles. The van der Waals surface area contributed by atoms with Crippen LogP contribution >= 0.6 is 24.8 Å². The molecule has 0 N–H and O–H groups in total. The first-order valence-corrected chi connectivity index (χ1v) is 19.9. The van der Waals surface area contributed by atoms with Crippen molar-refractivity contribution in [2.75, 3.05) is 0 Å². The molecule has 0 fully saturated rings. The van der Waals surface area contributed by atoms with Gasteiger partial charge in [-0.2, -0.15) is 66.9 Å².